The molecule has 0 aliphatic heterocycles. The van der Waals surface area contributed by atoms with Crippen molar-refractivity contribution >= 4 is 0 Å². The van der Waals surface area contributed by atoms with Crippen LogP contribution in [0.2, 0.25) is 0 Å². The van der Waals surface area contributed by atoms with Gasteiger partial charge in [0.2, 0.25) is 0 Å². The standard InChI is InChI=1S/C14H32N2O/c1-10(2)7-12(5)16(6)14(9-17)13(15)8-11(3)4/h10-14,17H,7-9,15H2,1-6H3. The van der Waals surface area contributed by atoms with Crippen molar-refractivity contribution < 1.29 is 5.11 Å². The normalized spacial score (nSPS) is 17.8. The minimum atomic E-state index is 0.0552. The van der Waals surface area contributed by atoms with Gasteiger partial charge in [0, 0.05) is 18.1 Å². The van der Waals surface area contributed by atoms with Gasteiger partial charge in [-0.25, -0.2) is 0 Å². The molecule has 3 nitrogen and oxygen atoms in total. The fourth-order valence-electron chi connectivity index (χ4n) is 2.44. The molecule has 0 spiro atoms. The predicted octanol–water partition coefficient (Wildman–Crippen LogP) is 2.09. The van der Waals surface area contributed by atoms with Gasteiger partial charge in [-0.1, -0.05) is 27.7 Å². The minimum Gasteiger partial charge on any atom is -0.395 e. The van der Waals surface area contributed by atoms with Crippen molar-refractivity contribution in [2.75, 3.05) is 13.7 Å². The van der Waals surface area contributed by atoms with E-state index in [0.29, 0.717) is 17.9 Å². The number of aliphatic hydroxyl groups is 1. The average molecular weight is 244 g/mol. The summed E-state index contributed by atoms with van der Waals surface area (Å²) in [6.45, 7) is 11.2. The van der Waals surface area contributed by atoms with Crippen LogP contribution in [0.15, 0.2) is 0 Å². The quantitative estimate of drug-likeness (QED) is 0.687. The number of rotatable bonds is 8. The Labute approximate surface area is 107 Å². The maximum absolute atomic E-state index is 9.54. The molecule has 3 unspecified atom stereocenters. The summed E-state index contributed by atoms with van der Waals surface area (Å²) in [6, 6.07) is 0.594. The molecule has 0 saturated carbocycles. The Hall–Kier alpha value is -0.120. The SMILES string of the molecule is CC(C)CC(N)C(CO)N(C)C(C)CC(C)C. The fraction of sp³-hybridized carbons (Fsp3) is 1.00. The largest absolute Gasteiger partial charge is 0.395 e. The van der Waals surface area contributed by atoms with Gasteiger partial charge >= 0.3 is 0 Å². The maximum Gasteiger partial charge on any atom is 0.0601 e. The fourth-order valence-corrected chi connectivity index (χ4v) is 2.44. The van der Waals surface area contributed by atoms with Crippen LogP contribution in [0.25, 0.3) is 0 Å². The first kappa shape index (κ1) is 16.9. The van der Waals surface area contributed by atoms with Gasteiger partial charge in [0.25, 0.3) is 0 Å². The second kappa shape index (κ2) is 8.06. The van der Waals surface area contributed by atoms with E-state index >= 15 is 0 Å². The van der Waals surface area contributed by atoms with Gasteiger partial charge in [0.15, 0.2) is 0 Å². The zero-order valence-corrected chi connectivity index (χ0v) is 12.5. The van der Waals surface area contributed by atoms with Crippen LogP contribution in [0.4, 0.5) is 0 Å². The summed E-state index contributed by atoms with van der Waals surface area (Å²) in [7, 11) is 2.08. The highest BCUT2D eigenvalue weighted by molar-refractivity contribution is 4.83. The van der Waals surface area contributed by atoms with Gasteiger partial charge < -0.3 is 10.8 Å². The van der Waals surface area contributed by atoms with E-state index in [-0.39, 0.29) is 18.7 Å². The summed E-state index contributed by atoms with van der Waals surface area (Å²) in [6.07, 6.45) is 2.10. The van der Waals surface area contributed by atoms with Crippen LogP contribution in [-0.2, 0) is 0 Å². The lowest BCUT2D eigenvalue weighted by Crippen LogP contribution is -2.52. The van der Waals surface area contributed by atoms with Crippen molar-refractivity contribution in [3.05, 3.63) is 0 Å². The number of hydrogen-bond donors (Lipinski definition) is 2. The third-order valence-corrected chi connectivity index (χ3v) is 3.46. The van der Waals surface area contributed by atoms with Crippen LogP contribution < -0.4 is 5.73 Å². The Morgan fingerprint density at radius 1 is 1.00 bits per heavy atom. The molecule has 0 rings (SSSR count). The van der Waals surface area contributed by atoms with Gasteiger partial charge in [-0.05, 0) is 38.6 Å². The van der Waals surface area contributed by atoms with Crippen LogP contribution in [0, 0.1) is 11.8 Å². The summed E-state index contributed by atoms with van der Waals surface area (Å²) < 4.78 is 0. The van der Waals surface area contributed by atoms with Crippen molar-refractivity contribution in [3.63, 3.8) is 0 Å². The first-order valence-electron chi connectivity index (χ1n) is 6.87. The van der Waals surface area contributed by atoms with Crippen LogP contribution in [0.5, 0.6) is 0 Å². The van der Waals surface area contributed by atoms with E-state index in [9.17, 15) is 5.11 Å². The molecule has 17 heavy (non-hydrogen) atoms. The minimum absolute atomic E-state index is 0.0552. The van der Waals surface area contributed by atoms with Crippen LogP contribution in [0.3, 0.4) is 0 Å². The van der Waals surface area contributed by atoms with Gasteiger partial charge in [-0.2, -0.15) is 0 Å². The lowest BCUT2D eigenvalue weighted by Gasteiger charge is -2.37. The molecular weight excluding hydrogens is 212 g/mol. The molecule has 3 N–H and O–H groups in total. The molecule has 0 heterocycles. The molecule has 0 fully saturated rings. The number of likely N-dealkylation sites (N-methyl/N-ethyl adjacent to an activating group) is 1. The predicted molar refractivity (Wildman–Crippen MR) is 75.0 cm³/mol. The van der Waals surface area contributed by atoms with Gasteiger partial charge in [0.1, 0.15) is 0 Å². The lowest BCUT2D eigenvalue weighted by atomic mass is 9.95. The monoisotopic (exact) mass is 244 g/mol. The summed E-state index contributed by atoms with van der Waals surface area (Å²) in [4.78, 5) is 2.24. The molecule has 0 radical (unpaired) electrons. The van der Waals surface area contributed by atoms with Crippen molar-refractivity contribution in [3.8, 4) is 0 Å². The average Bonchev–Trinajstić information content (AvgIpc) is 2.16. The zero-order chi connectivity index (χ0) is 13.6. The van der Waals surface area contributed by atoms with Crippen LogP contribution >= 0.6 is 0 Å². The number of nitrogens with zero attached hydrogens (tertiary/aromatic N) is 1. The second-order valence-electron chi connectivity index (χ2n) is 6.19. The molecule has 0 saturated heterocycles. The third kappa shape index (κ3) is 6.39. The first-order chi connectivity index (χ1) is 7.79. The molecular formula is C14H32N2O. The first-order valence-corrected chi connectivity index (χ1v) is 6.87. The molecule has 0 aliphatic rings. The third-order valence-electron chi connectivity index (χ3n) is 3.46. The van der Waals surface area contributed by atoms with E-state index in [2.05, 4.69) is 46.6 Å². The summed E-state index contributed by atoms with van der Waals surface area (Å²) in [5.74, 6) is 1.25. The van der Waals surface area contributed by atoms with E-state index < -0.39 is 0 Å². The molecule has 3 atom stereocenters. The zero-order valence-electron chi connectivity index (χ0n) is 12.5. The van der Waals surface area contributed by atoms with Crippen molar-refractivity contribution in [2.45, 2.75) is 65.6 Å². The Bertz CT molecular complexity index is 195. The molecule has 0 aliphatic carbocycles. The topological polar surface area (TPSA) is 49.5 Å². The molecule has 0 aromatic carbocycles. The summed E-state index contributed by atoms with van der Waals surface area (Å²) in [5.41, 5.74) is 6.20. The van der Waals surface area contributed by atoms with E-state index in [1.165, 1.54) is 0 Å². The maximum atomic E-state index is 9.54. The van der Waals surface area contributed by atoms with Crippen molar-refractivity contribution in [1.82, 2.24) is 4.90 Å². The molecule has 0 aromatic rings. The Balaban J connectivity index is 4.42. The van der Waals surface area contributed by atoms with Crippen LogP contribution in [-0.4, -0.2) is 41.8 Å². The lowest BCUT2D eigenvalue weighted by molar-refractivity contribution is 0.0833. The van der Waals surface area contributed by atoms with Crippen LogP contribution in [0.1, 0.15) is 47.5 Å². The van der Waals surface area contributed by atoms with E-state index in [4.69, 9.17) is 5.73 Å². The number of hydrogen-bond acceptors (Lipinski definition) is 3. The van der Waals surface area contributed by atoms with Crippen molar-refractivity contribution in [2.24, 2.45) is 17.6 Å². The Morgan fingerprint density at radius 2 is 1.47 bits per heavy atom. The highest BCUT2D eigenvalue weighted by Gasteiger charge is 2.25. The molecule has 0 aromatic heterocycles. The number of aliphatic hydroxyl groups excluding tert-OH is 1. The number of nitrogens with two attached hydrogens (primary N) is 1. The molecule has 0 bridgehead atoms. The highest BCUT2D eigenvalue weighted by Crippen LogP contribution is 2.16. The molecule has 3 heteroatoms. The van der Waals surface area contributed by atoms with E-state index in [0.717, 1.165) is 12.8 Å². The molecule has 0 amide bonds. The molecule has 104 valence electrons. The Kier molecular flexibility index (Phi) is 8.01. The smallest absolute Gasteiger partial charge is 0.0601 e. The highest BCUT2D eigenvalue weighted by atomic mass is 16.3. The van der Waals surface area contributed by atoms with Gasteiger partial charge in [0.05, 0.1) is 6.61 Å². The Morgan fingerprint density at radius 3 is 1.82 bits per heavy atom. The van der Waals surface area contributed by atoms with E-state index in [1.54, 1.807) is 0 Å². The van der Waals surface area contributed by atoms with Crippen molar-refractivity contribution in [1.29, 1.82) is 0 Å². The van der Waals surface area contributed by atoms with Gasteiger partial charge in [-0.15, -0.1) is 0 Å². The summed E-state index contributed by atoms with van der Waals surface area (Å²) in [5, 5.41) is 9.54. The summed E-state index contributed by atoms with van der Waals surface area (Å²) >= 11 is 0. The van der Waals surface area contributed by atoms with E-state index in [1.807, 2.05) is 0 Å². The van der Waals surface area contributed by atoms with Gasteiger partial charge in [-0.3, -0.25) is 4.90 Å². The second-order valence-corrected chi connectivity index (χ2v) is 6.19.